The quantitative estimate of drug-likeness (QED) is 0.814. The van der Waals surface area contributed by atoms with Crippen LogP contribution in [0.3, 0.4) is 0 Å². The van der Waals surface area contributed by atoms with Crippen molar-refractivity contribution in [2.75, 3.05) is 0 Å². The molecule has 1 aromatic rings. The fourth-order valence-corrected chi connectivity index (χ4v) is 5.08. The minimum Gasteiger partial charge on any atom is -0.431 e. The van der Waals surface area contributed by atoms with E-state index in [1.807, 2.05) is 27.7 Å². The third kappa shape index (κ3) is 3.13. The summed E-state index contributed by atoms with van der Waals surface area (Å²) in [5.41, 5.74) is 1.06. The molecule has 1 nitrogen and oxygen atoms in total. The predicted octanol–water partition coefficient (Wildman–Crippen LogP) is 3.80. The van der Waals surface area contributed by atoms with E-state index in [0.29, 0.717) is 11.6 Å². The van der Waals surface area contributed by atoms with Crippen molar-refractivity contribution in [3.05, 3.63) is 35.4 Å². The highest BCUT2D eigenvalue weighted by atomic mass is 28.4. The summed E-state index contributed by atoms with van der Waals surface area (Å²) in [5, 5.41) is 0. The van der Waals surface area contributed by atoms with Gasteiger partial charge in [0.15, 0.2) is 20.0 Å². The Kier molecular flexibility index (Phi) is 4.44. The Morgan fingerprint density at radius 3 is 2.00 bits per heavy atom. The molecule has 0 saturated heterocycles. The van der Waals surface area contributed by atoms with Gasteiger partial charge in [-0.3, -0.25) is 0 Å². The molecular formula is C13H20F2OSi. The molecule has 0 aliphatic heterocycles. The molecule has 1 rings (SSSR count). The van der Waals surface area contributed by atoms with Crippen LogP contribution in [-0.2, 0) is 6.04 Å². The highest BCUT2D eigenvalue weighted by Gasteiger charge is 2.38. The second kappa shape index (κ2) is 5.27. The second-order valence-corrected chi connectivity index (χ2v) is 9.87. The van der Waals surface area contributed by atoms with Crippen molar-refractivity contribution in [1.29, 1.82) is 0 Å². The van der Waals surface area contributed by atoms with Crippen molar-refractivity contribution in [3.63, 3.8) is 0 Å². The monoisotopic (exact) mass is 258 g/mol. The molecule has 0 fully saturated rings. The number of hydrogen-bond acceptors (Lipinski definition) is 1. The van der Waals surface area contributed by atoms with E-state index in [4.69, 9.17) is 0 Å². The van der Waals surface area contributed by atoms with Crippen molar-refractivity contribution in [1.82, 2.24) is 0 Å². The molecule has 1 aromatic carbocycles. The van der Waals surface area contributed by atoms with Crippen LogP contribution in [0.25, 0.3) is 0 Å². The van der Waals surface area contributed by atoms with Crippen LogP contribution < -0.4 is 0 Å². The summed E-state index contributed by atoms with van der Waals surface area (Å²) in [5.74, 6) is -1.68. The minimum absolute atomic E-state index is 0.190. The third-order valence-electron chi connectivity index (χ3n) is 3.47. The fourth-order valence-electron chi connectivity index (χ4n) is 2.05. The van der Waals surface area contributed by atoms with E-state index < -0.39 is 20.0 Å². The second-order valence-electron chi connectivity index (χ2n) is 5.23. The lowest BCUT2D eigenvalue weighted by molar-refractivity contribution is 0.487. The molecule has 0 aromatic heterocycles. The molecule has 0 aliphatic rings. The summed E-state index contributed by atoms with van der Waals surface area (Å²) < 4.78 is 25.9. The third-order valence-corrected chi connectivity index (χ3v) is 8.44. The predicted molar refractivity (Wildman–Crippen MR) is 68.2 cm³/mol. The van der Waals surface area contributed by atoms with E-state index in [1.54, 1.807) is 6.07 Å². The van der Waals surface area contributed by atoms with Gasteiger partial charge >= 0.3 is 0 Å². The Bertz CT molecular complexity index is 383. The maximum Gasteiger partial charge on any atom is 0.197 e. The largest absolute Gasteiger partial charge is 0.431 e. The minimum atomic E-state index is -2.47. The number of hydrogen-bond donors (Lipinski definition) is 1. The highest BCUT2D eigenvalue weighted by molar-refractivity contribution is 6.74. The molecular weight excluding hydrogens is 238 g/mol. The van der Waals surface area contributed by atoms with Crippen LogP contribution in [0.1, 0.15) is 33.3 Å². The highest BCUT2D eigenvalue weighted by Crippen LogP contribution is 2.32. The van der Waals surface area contributed by atoms with Gasteiger partial charge in [0.2, 0.25) is 0 Å². The molecule has 1 N–H and O–H groups in total. The van der Waals surface area contributed by atoms with Gasteiger partial charge in [0, 0.05) is 0 Å². The van der Waals surface area contributed by atoms with E-state index in [9.17, 15) is 13.6 Å². The molecule has 0 aliphatic carbocycles. The van der Waals surface area contributed by atoms with Gasteiger partial charge in [-0.1, -0.05) is 33.8 Å². The summed E-state index contributed by atoms with van der Waals surface area (Å²) in [7, 11) is -2.47. The molecule has 0 bridgehead atoms. The van der Waals surface area contributed by atoms with Gasteiger partial charge in [-0.2, -0.15) is 0 Å². The average Bonchev–Trinajstić information content (AvgIpc) is 2.22. The average molecular weight is 258 g/mol. The summed E-state index contributed by atoms with van der Waals surface area (Å²) in [6.07, 6.45) is 0. The van der Waals surface area contributed by atoms with Crippen molar-refractivity contribution >= 4 is 8.32 Å². The van der Waals surface area contributed by atoms with Gasteiger partial charge in [-0.25, -0.2) is 8.78 Å². The van der Waals surface area contributed by atoms with Crippen LogP contribution in [0, 0.1) is 11.6 Å². The first-order valence-corrected chi connectivity index (χ1v) is 8.24. The van der Waals surface area contributed by atoms with E-state index >= 15 is 0 Å². The van der Waals surface area contributed by atoms with Gasteiger partial charge in [-0.15, -0.1) is 0 Å². The molecule has 0 saturated carbocycles. The fraction of sp³-hybridized carbons (Fsp3) is 0.538. The molecule has 0 atom stereocenters. The van der Waals surface area contributed by atoms with E-state index in [-0.39, 0.29) is 11.1 Å². The summed E-state index contributed by atoms with van der Waals surface area (Å²) in [4.78, 5) is 10.7. The molecule has 0 spiro atoms. The Labute approximate surface area is 103 Å². The Balaban J connectivity index is 2.98. The van der Waals surface area contributed by atoms with Crippen LogP contribution in [0.2, 0.25) is 11.1 Å². The van der Waals surface area contributed by atoms with E-state index in [1.165, 1.54) is 6.07 Å². The first-order chi connectivity index (χ1) is 7.77. The first-order valence-electron chi connectivity index (χ1n) is 5.93. The first kappa shape index (κ1) is 14.3. The van der Waals surface area contributed by atoms with E-state index in [0.717, 1.165) is 6.07 Å². The Hall–Kier alpha value is -0.743. The maximum atomic E-state index is 13.1. The van der Waals surface area contributed by atoms with Gasteiger partial charge < -0.3 is 4.80 Å². The Morgan fingerprint density at radius 1 is 1.06 bits per heavy atom. The molecule has 0 radical (unpaired) electrons. The van der Waals surface area contributed by atoms with Crippen molar-refractivity contribution in [3.8, 4) is 0 Å². The standard InChI is InChI=1S/C13H20F2OSi/c1-9(2)17(16,10(3)4)8-11-5-6-12(14)13(15)7-11/h5-7,9-10,16H,8H2,1-4H3. The molecule has 0 unspecified atom stereocenters. The zero-order valence-electron chi connectivity index (χ0n) is 10.8. The summed E-state index contributed by atoms with van der Waals surface area (Å²) in [6, 6.07) is 4.35. The normalized spacial score (nSPS) is 12.5. The number of rotatable bonds is 4. The zero-order chi connectivity index (χ0) is 13.2. The molecule has 0 amide bonds. The van der Waals surface area contributed by atoms with Gasteiger partial charge in [0.05, 0.1) is 0 Å². The zero-order valence-corrected chi connectivity index (χ0v) is 11.8. The summed E-state index contributed by atoms with van der Waals surface area (Å²) >= 11 is 0. The van der Waals surface area contributed by atoms with Gasteiger partial charge in [0.1, 0.15) is 0 Å². The SMILES string of the molecule is CC(C)[Si](O)(Cc1ccc(F)c(F)c1)C(C)C. The number of benzene rings is 1. The van der Waals surface area contributed by atoms with Crippen LogP contribution in [0.4, 0.5) is 8.78 Å². The maximum absolute atomic E-state index is 13.1. The van der Waals surface area contributed by atoms with E-state index in [2.05, 4.69) is 0 Å². The van der Waals surface area contributed by atoms with Crippen molar-refractivity contribution in [2.24, 2.45) is 0 Å². The lowest BCUT2D eigenvalue weighted by atomic mass is 10.2. The molecule has 0 heterocycles. The van der Waals surface area contributed by atoms with Crippen LogP contribution in [0.5, 0.6) is 0 Å². The van der Waals surface area contributed by atoms with Crippen LogP contribution in [-0.4, -0.2) is 13.1 Å². The number of halogens is 2. The lowest BCUT2D eigenvalue weighted by Gasteiger charge is -2.33. The lowest BCUT2D eigenvalue weighted by Crippen LogP contribution is -2.44. The van der Waals surface area contributed by atoms with Crippen LogP contribution in [0.15, 0.2) is 18.2 Å². The molecule has 96 valence electrons. The van der Waals surface area contributed by atoms with Crippen LogP contribution >= 0.6 is 0 Å². The molecule has 4 heteroatoms. The Morgan fingerprint density at radius 2 is 1.59 bits per heavy atom. The van der Waals surface area contributed by atoms with Gasteiger partial charge in [-0.05, 0) is 34.8 Å². The summed E-state index contributed by atoms with van der Waals surface area (Å²) in [6.45, 7) is 7.97. The van der Waals surface area contributed by atoms with Crippen molar-refractivity contribution in [2.45, 2.75) is 44.8 Å². The van der Waals surface area contributed by atoms with Gasteiger partial charge in [0.25, 0.3) is 0 Å². The molecule has 17 heavy (non-hydrogen) atoms. The topological polar surface area (TPSA) is 20.2 Å². The smallest absolute Gasteiger partial charge is 0.197 e. The van der Waals surface area contributed by atoms with Crippen molar-refractivity contribution < 1.29 is 13.6 Å².